The molecule has 1 aliphatic heterocycles. The second kappa shape index (κ2) is 6.41. The molecule has 1 saturated heterocycles. The number of carbonyl (C=O) groups excluding carboxylic acids is 3. The lowest BCUT2D eigenvalue weighted by molar-refractivity contribution is -0.123. The molecule has 1 N–H and O–H groups in total. The maximum Gasteiger partial charge on any atom is 0.255 e. The Balaban J connectivity index is 1.36. The van der Waals surface area contributed by atoms with E-state index in [1.54, 1.807) is 24.3 Å². The van der Waals surface area contributed by atoms with Gasteiger partial charge < -0.3 is 5.32 Å². The average molecular weight is 386 g/mol. The molecule has 0 radical (unpaired) electrons. The number of hydrogen-bond donors (Lipinski definition) is 1. The van der Waals surface area contributed by atoms with Gasteiger partial charge >= 0.3 is 0 Å². The van der Waals surface area contributed by atoms with E-state index < -0.39 is 0 Å². The van der Waals surface area contributed by atoms with E-state index >= 15 is 0 Å². The lowest BCUT2D eigenvalue weighted by atomic mass is 9.85. The first-order valence-electron chi connectivity index (χ1n) is 9.99. The molecule has 2 fully saturated rings. The molecule has 0 aromatic heterocycles. The van der Waals surface area contributed by atoms with Crippen molar-refractivity contribution in [1.29, 1.82) is 0 Å². The predicted molar refractivity (Wildman–Crippen MR) is 111 cm³/mol. The summed E-state index contributed by atoms with van der Waals surface area (Å²) >= 11 is 0. The van der Waals surface area contributed by atoms with Gasteiger partial charge in [0.2, 0.25) is 11.8 Å². The normalized spacial score (nSPS) is 26.9. The Bertz CT molecular complexity index is 1020. The van der Waals surface area contributed by atoms with Crippen molar-refractivity contribution in [2.75, 3.05) is 10.2 Å². The lowest BCUT2D eigenvalue weighted by Crippen LogP contribution is -2.32. The number of benzene rings is 2. The van der Waals surface area contributed by atoms with Crippen molar-refractivity contribution < 1.29 is 14.4 Å². The highest BCUT2D eigenvalue weighted by atomic mass is 16.2. The van der Waals surface area contributed by atoms with Gasteiger partial charge in [-0.25, -0.2) is 0 Å². The van der Waals surface area contributed by atoms with Crippen molar-refractivity contribution >= 4 is 29.1 Å². The molecule has 3 amide bonds. The molecule has 2 bridgehead atoms. The summed E-state index contributed by atoms with van der Waals surface area (Å²) in [6.07, 6.45) is 5.08. The number of nitrogens with one attached hydrogen (secondary N) is 1. The zero-order valence-electron chi connectivity index (χ0n) is 16.4. The number of anilines is 2. The zero-order valence-corrected chi connectivity index (χ0v) is 16.4. The van der Waals surface area contributed by atoms with Gasteiger partial charge in [-0.05, 0) is 67.5 Å². The highest BCUT2D eigenvalue weighted by Crippen LogP contribution is 2.53. The van der Waals surface area contributed by atoms with Crippen LogP contribution in [-0.2, 0) is 9.59 Å². The van der Waals surface area contributed by atoms with Crippen molar-refractivity contribution in [3.05, 3.63) is 71.3 Å². The van der Waals surface area contributed by atoms with Crippen LogP contribution in [0.5, 0.6) is 0 Å². The summed E-state index contributed by atoms with van der Waals surface area (Å²) in [4.78, 5) is 39.8. The largest absolute Gasteiger partial charge is 0.322 e. The van der Waals surface area contributed by atoms with Crippen LogP contribution in [-0.4, -0.2) is 17.7 Å². The molecular formula is C24H22N2O3. The minimum atomic E-state index is -0.218. The van der Waals surface area contributed by atoms with E-state index in [-0.39, 0.29) is 41.4 Å². The van der Waals surface area contributed by atoms with Crippen LogP contribution in [0.15, 0.2) is 54.6 Å². The Morgan fingerprint density at radius 2 is 1.45 bits per heavy atom. The Morgan fingerprint density at radius 1 is 0.897 bits per heavy atom. The van der Waals surface area contributed by atoms with E-state index in [0.717, 1.165) is 23.2 Å². The number of para-hydroxylation sites is 1. The van der Waals surface area contributed by atoms with E-state index in [1.807, 2.05) is 32.0 Å². The van der Waals surface area contributed by atoms with Crippen molar-refractivity contribution in [1.82, 2.24) is 0 Å². The minimum absolute atomic E-state index is 0.107. The van der Waals surface area contributed by atoms with Crippen LogP contribution in [0.25, 0.3) is 0 Å². The summed E-state index contributed by atoms with van der Waals surface area (Å²) in [7, 11) is 0. The van der Waals surface area contributed by atoms with Gasteiger partial charge in [-0.2, -0.15) is 0 Å². The second-order valence-corrected chi connectivity index (χ2v) is 8.28. The summed E-state index contributed by atoms with van der Waals surface area (Å²) in [5.74, 6) is -0.488. The first-order chi connectivity index (χ1) is 14.0. The maximum atomic E-state index is 12.9. The molecule has 0 spiro atoms. The van der Waals surface area contributed by atoms with Crippen LogP contribution in [0.3, 0.4) is 0 Å². The third kappa shape index (κ3) is 2.64. The Morgan fingerprint density at radius 3 is 2.00 bits per heavy atom. The molecule has 2 aliphatic carbocycles. The molecule has 1 saturated carbocycles. The fraction of sp³-hybridized carbons (Fsp3) is 0.292. The van der Waals surface area contributed by atoms with Crippen molar-refractivity contribution in [2.24, 2.45) is 23.7 Å². The Hall–Kier alpha value is -3.21. The van der Waals surface area contributed by atoms with Gasteiger partial charge in [-0.15, -0.1) is 0 Å². The van der Waals surface area contributed by atoms with Crippen LogP contribution < -0.4 is 10.2 Å². The molecule has 1 heterocycles. The number of amides is 3. The fourth-order valence-corrected chi connectivity index (χ4v) is 5.12. The number of rotatable bonds is 3. The Kier molecular flexibility index (Phi) is 3.95. The first kappa shape index (κ1) is 17.9. The smallest absolute Gasteiger partial charge is 0.255 e. The van der Waals surface area contributed by atoms with E-state index in [1.165, 1.54) is 4.90 Å². The number of aryl methyl sites for hydroxylation is 2. The summed E-state index contributed by atoms with van der Waals surface area (Å²) in [6.45, 7) is 3.91. The van der Waals surface area contributed by atoms with E-state index in [0.29, 0.717) is 11.3 Å². The summed E-state index contributed by atoms with van der Waals surface area (Å²) in [6, 6.07) is 12.6. The van der Waals surface area contributed by atoms with Crippen LogP contribution in [0.1, 0.15) is 27.9 Å². The van der Waals surface area contributed by atoms with Gasteiger partial charge in [-0.1, -0.05) is 30.4 Å². The third-order valence-electron chi connectivity index (χ3n) is 6.58. The Labute approximate surface area is 169 Å². The predicted octanol–water partition coefficient (Wildman–Crippen LogP) is 3.87. The summed E-state index contributed by atoms with van der Waals surface area (Å²) < 4.78 is 0. The first-order valence-corrected chi connectivity index (χ1v) is 9.99. The van der Waals surface area contributed by atoms with Gasteiger partial charge in [0.05, 0.1) is 17.5 Å². The fourth-order valence-electron chi connectivity index (χ4n) is 5.12. The standard InChI is InChI=1S/C24H22N2O3/c1-13-4-3-5-14(2)21(13)25-22(27)15-8-10-18(11-9-15)26-23(28)19-16-6-7-17(12-16)20(19)24(26)29/h3-11,16-17,19-20H,12H2,1-2H3,(H,25,27)/t16-,17-,19+,20+/m1/s1. The van der Waals surface area contributed by atoms with E-state index in [2.05, 4.69) is 17.5 Å². The van der Waals surface area contributed by atoms with Crippen LogP contribution in [0, 0.1) is 37.5 Å². The number of fused-ring (bicyclic) bond motifs is 5. The van der Waals surface area contributed by atoms with Crippen LogP contribution in [0.2, 0.25) is 0 Å². The van der Waals surface area contributed by atoms with Gasteiger partial charge in [0.1, 0.15) is 0 Å². The molecule has 3 aliphatic rings. The molecule has 2 aromatic rings. The van der Waals surface area contributed by atoms with Crippen molar-refractivity contribution in [3.63, 3.8) is 0 Å². The molecular weight excluding hydrogens is 364 g/mol. The number of nitrogens with zero attached hydrogens (tertiary/aromatic N) is 1. The second-order valence-electron chi connectivity index (χ2n) is 8.28. The highest BCUT2D eigenvalue weighted by molar-refractivity contribution is 6.23. The minimum Gasteiger partial charge on any atom is -0.322 e. The monoisotopic (exact) mass is 386 g/mol. The third-order valence-corrected chi connectivity index (χ3v) is 6.58. The van der Waals surface area contributed by atoms with Crippen LogP contribution >= 0.6 is 0 Å². The van der Waals surface area contributed by atoms with Gasteiger partial charge in [0, 0.05) is 11.3 Å². The molecule has 5 heteroatoms. The average Bonchev–Trinajstić information content (AvgIpc) is 3.39. The molecule has 5 nitrogen and oxygen atoms in total. The molecule has 2 aromatic carbocycles. The maximum absolute atomic E-state index is 12.9. The van der Waals surface area contributed by atoms with Crippen LogP contribution in [0.4, 0.5) is 11.4 Å². The lowest BCUT2D eigenvalue weighted by Gasteiger charge is -2.17. The summed E-state index contributed by atoms with van der Waals surface area (Å²) in [5.41, 5.74) is 3.83. The molecule has 146 valence electrons. The zero-order chi connectivity index (χ0) is 20.3. The topological polar surface area (TPSA) is 66.5 Å². The van der Waals surface area contributed by atoms with Crippen molar-refractivity contribution in [3.8, 4) is 0 Å². The SMILES string of the molecule is Cc1cccc(C)c1NC(=O)c1ccc(N2C(=O)[C@@H]3[C@@H](C2=O)[C@@H]2C=C[C@@H]3C2)cc1. The quantitative estimate of drug-likeness (QED) is 0.643. The number of hydrogen-bond acceptors (Lipinski definition) is 3. The number of imide groups is 1. The van der Waals surface area contributed by atoms with Gasteiger partial charge in [-0.3, -0.25) is 19.3 Å². The van der Waals surface area contributed by atoms with Crippen molar-refractivity contribution in [2.45, 2.75) is 20.3 Å². The number of carbonyl (C=O) groups is 3. The summed E-state index contributed by atoms with van der Waals surface area (Å²) in [5, 5.41) is 2.96. The molecule has 5 rings (SSSR count). The molecule has 4 atom stereocenters. The van der Waals surface area contributed by atoms with E-state index in [4.69, 9.17) is 0 Å². The van der Waals surface area contributed by atoms with Gasteiger partial charge in [0.25, 0.3) is 5.91 Å². The van der Waals surface area contributed by atoms with Gasteiger partial charge in [0.15, 0.2) is 0 Å². The highest BCUT2D eigenvalue weighted by Gasteiger charge is 2.59. The van der Waals surface area contributed by atoms with E-state index in [9.17, 15) is 14.4 Å². The number of allylic oxidation sites excluding steroid dienone is 2. The molecule has 0 unspecified atom stereocenters. The molecule has 29 heavy (non-hydrogen) atoms.